The van der Waals surface area contributed by atoms with E-state index in [4.69, 9.17) is 0 Å². The number of nitrogens with one attached hydrogen (secondary N) is 1. The summed E-state index contributed by atoms with van der Waals surface area (Å²) in [5.74, 6) is 0.597. The van der Waals surface area contributed by atoms with Crippen LogP contribution >= 0.6 is 0 Å². The summed E-state index contributed by atoms with van der Waals surface area (Å²) in [5, 5.41) is 2.87. The molecule has 0 radical (unpaired) electrons. The third kappa shape index (κ3) is 4.51. The first-order valence-corrected chi connectivity index (χ1v) is 7.59. The molecule has 2 amide bonds. The Kier molecular flexibility index (Phi) is 6.32. The Morgan fingerprint density at radius 3 is 2.58 bits per heavy atom. The average Bonchev–Trinajstić information content (AvgIpc) is 2.42. The monoisotopic (exact) mass is 268 g/mol. The minimum Gasteiger partial charge on any atom is -0.344 e. The van der Waals surface area contributed by atoms with E-state index in [0.29, 0.717) is 12.3 Å². The van der Waals surface area contributed by atoms with E-state index in [1.807, 2.05) is 18.7 Å². The maximum absolute atomic E-state index is 12.5. The predicted molar refractivity (Wildman–Crippen MR) is 76.7 cm³/mol. The van der Waals surface area contributed by atoms with E-state index in [9.17, 15) is 9.59 Å². The van der Waals surface area contributed by atoms with Gasteiger partial charge in [0.05, 0.1) is 0 Å². The summed E-state index contributed by atoms with van der Waals surface area (Å²) in [7, 11) is 0. The fourth-order valence-corrected chi connectivity index (χ4v) is 2.78. The lowest BCUT2D eigenvalue weighted by Crippen LogP contribution is -2.47. The highest BCUT2D eigenvalue weighted by atomic mass is 16.2. The van der Waals surface area contributed by atoms with Gasteiger partial charge in [-0.15, -0.1) is 0 Å². The van der Waals surface area contributed by atoms with Crippen molar-refractivity contribution in [1.29, 1.82) is 0 Å². The molecule has 1 heterocycles. The second-order valence-electron chi connectivity index (χ2n) is 5.85. The van der Waals surface area contributed by atoms with Crippen LogP contribution in [0.5, 0.6) is 0 Å². The molecule has 0 aromatic carbocycles. The predicted octanol–water partition coefficient (Wildman–Crippen LogP) is 2.33. The van der Waals surface area contributed by atoms with Crippen LogP contribution in [0.1, 0.15) is 59.8 Å². The van der Waals surface area contributed by atoms with Crippen LogP contribution in [0.25, 0.3) is 0 Å². The number of carbonyl (C=O) groups is 2. The van der Waals surface area contributed by atoms with Crippen molar-refractivity contribution < 1.29 is 9.59 Å². The first-order valence-electron chi connectivity index (χ1n) is 7.59. The largest absolute Gasteiger partial charge is 0.344 e. The summed E-state index contributed by atoms with van der Waals surface area (Å²) in [6.07, 6.45) is 4.31. The molecule has 0 saturated carbocycles. The Hall–Kier alpha value is -1.06. The lowest BCUT2D eigenvalue weighted by Gasteiger charge is -2.31. The number of amides is 2. The second kappa shape index (κ2) is 7.51. The minimum atomic E-state index is -0.323. The van der Waals surface area contributed by atoms with Crippen molar-refractivity contribution in [3.8, 4) is 0 Å². The SMILES string of the molecule is CCCC(C)CN1C(=O)C(CCC)NC(=O)CC1C. The third-order valence-corrected chi connectivity index (χ3v) is 3.80. The molecular formula is C15H28N2O2. The van der Waals surface area contributed by atoms with Gasteiger partial charge in [0.25, 0.3) is 0 Å². The van der Waals surface area contributed by atoms with Gasteiger partial charge < -0.3 is 10.2 Å². The molecule has 4 heteroatoms. The molecule has 1 fully saturated rings. The summed E-state index contributed by atoms with van der Waals surface area (Å²) in [5.41, 5.74) is 0. The molecule has 0 aliphatic carbocycles. The van der Waals surface area contributed by atoms with Crippen LogP contribution in [0.2, 0.25) is 0 Å². The summed E-state index contributed by atoms with van der Waals surface area (Å²) >= 11 is 0. The van der Waals surface area contributed by atoms with Crippen molar-refractivity contribution in [3.63, 3.8) is 0 Å². The first kappa shape index (κ1) is 16.0. The van der Waals surface area contributed by atoms with Gasteiger partial charge in [-0.05, 0) is 25.7 Å². The van der Waals surface area contributed by atoms with Crippen molar-refractivity contribution in [2.75, 3.05) is 6.54 Å². The molecule has 0 spiro atoms. The van der Waals surface area contributed by atoms with Gasteiger partial charge in [0.15, 0.2) is 0 Å². The van der Waals surface area contributed by atoms with Crippen LogP contribution in [0.3, 0.4) is 0 Å². The molecule has 3 unspecified atom stereocenters. The van der Waals surface area contributed by atoms with Crippen LogP contribution in [0.15, 0.2) is 0 Å². The molecule has 110 valence electrons. The molecule has 1 rings (SSSR count). The van der Waals surface area contributed by atoms with Gasteiger partial charge in [-0.3, -0.25) is 9.59 Å². The molecule has 1 aliphatic heterocycles. The number of hydrogen-bond donors (Lipinski definition) is 1. The number of carbonyl (C=O) groups excluding carboxylic acids is 2. The van der Waals surface area contributed by atoms with Gasteiger partial charge in [-0.1, -0.05) is 33.6 Å². The summed E-state index contributed by atoms with van der Waals surface area (Å²) < 4.78 is 0. The Morgan fingerprint density at radius 2 is 2.00 bits per heavy atom. The smallest absolute Gasteiger partial charge is 0.245 e. The van der Waals surface area contributed by atoms with E-state index < -0.39 is 0 Å². The molecule has 3 atom stereocenters. The molecular weight excluding hydrogens is 240 g/mol. The van der Waals surface area contributed by atoms with Gasteiger partial charge >= 0.3 is 0 Å². The van der Waals surface area contributed by atoms with Gasteiger partial charge in [0, 0.05) is 19.0 Å². The van der Waals surface area contributed by atoms with Gasteiger partial charge in [0.2, 0.25) is 11.8 Å². The summed E-state index contributed by atoms with van der Waals surface area (Å²) in [6, 6.07) is -0.315. The zero-order chi connectivity index (χ0) is 14.4. The Morgan fingerprint density at radius 1 is 1.32 bits per heavy atom. The molecule has 19 heavy (non-hydrogen) atoms. The Bertz CT molecular complexity index is 317. The second-order valence-corrected chi connectivity index (χ2v) is 5.85. The van der Waals surface area contributed by atoms with Crippen molar-refractivity contribution in [3.05, 3.63) is 0 Å². The number of rotatable bonds is 6. The maximum atomic E-state index is 12.5. The summed E-state index contributed by atoms with van der Waals surface area (Å²) in [6.45, 7) is 9.12. The summed E-state index contributed by atoms with van der Waals surface area (Å²) in [4.78, 5) is 26.2. The number of hydrogen-bond acceptors (Lipinski definition) is 2. The van der Waals surface area contributed by atoms with E-state index in [1.54, 1.807) is 0 Å². The van der Waals surface area contributed by atoms with E-state index in [0.717, 1.165) is 32.2 Å². The highest BCUT2D eigenvalue weighted by molar-refractivity contribution is 5.90. The quantitative estimate of drug-likeness (QED) is 0.803. The molecule has 0 aromatic rings. The Labute approximate surface area is 116 Å². The topological polar surface area (TPSA) is 49.4 Å². The zero-order valence-electron chi connectivity index (χ0n) is 12.7. The van der Waals surface area contributed by atoms with Crippen molar-refractivity contribution in [2.24, 2.45) is 5.92 Å². The average molecular weight is 268 g/mol. The van der Waals surface area contributed by atoms with E-state index in [-0.39, 0.29) is 23.9 Å². The molecule has 0 bridgehead atoms. The fraction of sp³-hybridized carbons (Fsp3) is 0.867. The maximum Gasteiger partial charge on any atom is 0.245 e. The van der Waals surface area contributed by atoms with Crippen LogP contribution in [0.4, 0.5) is 0 Å². The van der Waals surface area contributed by atoms with Crippen molar-refractivity contribution in [2.45, 2.75) is 71.9 Å². The molecule has 4 nitrogen and oxygen atoms in total. The Balaban J connectivity index is 2.79. The van der Waals surface area contributed by atoms with Crippen LogP contribution < -0.4 is 5.32 Å². The zero-order valence-corrected chi connectivity index (χ0v) is 12.7. The fourth-order valence-electron chi connectivity index (χ4n) is 2.78. The van der Waals surface area contributed by atoms with Crippen LogP contribution in [-0.4, -0.2) is 35.3 Å². The van der Waals surface area contributed by atoms with Crippen molar-refractivity contribution >= 4 is 11.8 Å². The minimum absolute atomic E-state index is 0.00458. The van der Waals surface area contributed by atoms with E-state index >= 15 is 0 Å². The normalized spacial score (nSPS) is 26.0. The highest BCUT2D eigenvalue weighted by Crippen LogP contribution is 2.17. The van der Waals surface area contributed by atoms with Crippen molar-refractivity contribution in [1.82, 2.24) is 10.2 Å². The van der Waals surface area contributed by atoms with Crippen LogP contribution in [-0.2, 0) is 9.59 Å². The standard InChI is InChI=1S/C15H28N2O2/c1-5-7-11(3)10-17-12(4)9-14(18)16-13(8-6-2)15(17)19/h11-13H,5-10H2,1-4H3,(H,16,18). The van der Waals surface area contributed by atoms with Gasteiger partial charge in [-0.25, -0.2) is 0 Å². The molecule has 0 aromatic heterocycles. The first-order chi connectivity index (χ1) is 8.99. The van der Waals surface area contributed by atoms with Gasteiger partial charge in [0.1, 0.15) is 6.04 Å². The van der Waals surface area contributed by atoms with E-state index in [2.05, 4.69) is 19.2 Å². The molecule has 1 N–H and O–H groups in total. The lowest BCUT2D eigenvalue weighted by atomic mass is 10.0. The third-order valence-electron chi connectivity index (χ3n) is 3.80. The van der Waals surface area contributed by atoms with E-state index in [1.165, 1.54) is 0 Å². The highest BCUT2D eigenvalue weighted by Gasteiger charge is 2.33. The van der Waals surface area contributed by atoms with Crippen LogP contribution in [0, 0.1) is 5.92 Å². The number of nitrogens with zero attached hydrogens (tertiary/aromatic N) is 1. The molecule has 1 aliphatic rings. The lowest BCUT2D eigenvalue weighted by molar-refractivity contribution is -0.135. The van der Waals surface area contributed by atoms with Gasteiger partial charge in [-0.2, -0.15) is 0 Å². The molecule has 1 saturated heterocycles.